The molecular formula is C36H51N3O6. The van der Waals surface area contributed by atoms with Crippen molar-refractivity contribution >= 4 is 0 Å². The van der Waals surface area contributed by atoms with Crippen LogP contribution in [0.2, 0.25) is 0 Å². The molecule has 0 radical (unpaired) electrons. The van der Waals surface area contributed by atoms with E-state index in [9.17, 15) is 0 Å². The topological polar surface area (TPSA) is 160 Å². The zero-order valence-corrected chi connectivity index (χ0v) is 26.9. The molecule has 0 spiro atoms. The van der Waals surface area contributed by atoms with Gasteiger partial charge in [-0.05, 0) is 55.7 Å². The third kappa shape index (κ3) is 20.1. The highest BCUT2D eigenvalue weighted by Gasteiger charge is 2.07. The standard InChI is InChI=1S/C18H33N3.3C6H6O2/c1-4-7-10-13-16-19-17(14-11-8-5-2)21-18(20-16)15-12-9-6-3;3*7-5-2-1-3-6(8)4-5/h4-15H2,1-3H3;3*1-4,7-8H. The Morgan fingerprint density at radius 1 is 0.378 bits per heavy atom. The van der Waals surface area contributed by atoms with E-state index in [1.165, 1.54) is 112 Å². The van der Waals surface area contributed by atoms with E-state index < -0.39 is 0 Å². The van der Waals surface area contributed by atoms with Gasteiger partial charge in [-0.25, -0.2) is 15.0 Å². The number of aryl methyl sites for hydroxylation is 3. The summed E-state index contributed by atoms with van der Waals surface area (Å²) < 4.78 is 0. The summed E-state index contributed by atoms with van der Waals surface area (Å²) in [5.74, 6) is 3.60. The van der Waals surface area contributed by atoms with Gasteiger partial charge in [0.1, 0.15) is 52.0 Å². The summed E-state index contributed by atoms with van der Waals surface area (Å²) in [6, 6.07) is 17.6. The van der Waals surface area contributed by atoms with Gasteiger partial charge in [0.05, 0.1) is 0 Å². The van der Waals surface area contributed by atoms with Gasteiger partial charge in [-0.1, -0.05) is 77.5 Å². The molecule has 0 saturated carbocycles. The second kappa shape index (κ2) is 23.9. The number of benzene rings is 3. The van der Waals surface area contributed by atoms with Crippen LogP contribution >= 0.6 is 0 Å². The van der Waals surface area contributed by atoms with Crippen molar-refractivity contribution in [2.45, 2.75) is 97.8 Å². The Kier molecular flexibility index (Phi) is 20.4. The van der Waals surface area contributed by atoms with Crippen molar-refractivity contribution in [1.82, 2.24) is 15.0 Å². The zero-order valence-electron chi connectivity index (χ0n) is 26.9. The molecule has 0 bridgehead atoms. The second-order valence-electron chi connectivity index (χ2n) is 10.5. The minimum atomic E-state index is 0.0880. The van der Waals surface area contributed by atoms with Crippen LogP contribution in [0.1, 0.15) is 96.0 Å². The highest BCUT2D eigenvalue weighted by Crippen LogP contribution is 2.16. The molecule has 0 fully saturated rings. The number of phenols is 6. The van der Waals surface area contributed by atoms with Crippen LogP contribution in [0, 0.1) is 0 Å². The van der Waals surface area contributed by atoms with Crippen molar-refractivity contribution in [3.63, 3.8) is 0 Å². The molecule has 45 heavy (non-hydrogen) atoms. The molecule has 1 aromatic heterocycles. The van der Waals surface area contributed by atoms with Crippen LogP contribution in [0.3, 0.4) is 0 Å². The van der Waals surface area contributed by atoms with Gasteiger partial charge in [0.2, 0.25) is 0 Å². The molecule has 4 aromatic rings. The highest BCUT2D eigenvalue weighted by molar-refractivity contribution is 5.31. The monoisotopic (exact) mass is 621 g/mol. The number of hydrogen-bond acceptors (Lipinski definition) is 9. The highest BCUT2D eigenvalue weighted by atomic mass is 16.3. The normalized spacial score (nSPS) is 9.93. The first-order chi connectivity index (χ1) is 21.7. The predicted molar refractivity (Wildman–Crippen MR) is 179 cm³/mol. The molecule has 0 aliphatic heterocycles. The number of aromatic hydroxyl groups is 6. The van der Waals surface area contributed by atoms with Gasteiger partial charge in [-0.2, -0.15) is 0 Å². The molecular weight excluding hydrogens is 570 g/mol. The van der Waals surface area contributed by atoms with Crippen LogP contribution < -0.4 is 0 Å². The SMILES string of the molecule is CCCCCc1nc(CCCCC)nc(CCCCC)n1.Oc1cccc(O)c1.Oc1cccc(O)c1.Oc1cccc(O)c1. The summed E-state index contributed by atoms with van der Waals surface area (Å²) in [6.07, 6.45) is 14.2. The summed E-state index contributed by atoms with van der Waals surface area (Å²) in [5, 5.41) is 51.9. The Labute approximate surface area is 268 Å². The summed E-state index contributed by atoms with van der Waals surface area (Å²) in [6.45, 7) is 6.71. The third-order valence-corrected chi connectivity index (χ3v) is 6.28. The maximum atomic E-state index is 8.65. The Balaban J connectivity index is 0.000000343. The molecule has 6 N–H and O–H groups in total. The lowest BCUT2D eigenvalue weighted by Gasteiger charge is -2.07. The minimum absolute atomic E-state index is 0.0880. The Morgan fingerprint density at radius 3 is 0.756 bits per heavy atom. The van der Waals surface area contributed by atoms with E-state index in [1.807, 2.05) is 0 Å². The predicted octanol–water partition coefficient (Wildman–Crippen LogP) is 8.36. The fourth-order valence-electron chi connectivity index (χ4n) is 3.94. The molecule has 1 heterocycles. The maximum Gasteiger partial charge on any atom is 0.132 e. The fraction of sp³-hybridized carbons (Fsp3) is 0.417. The lowest BCUT2D eigenvalue weighted by atomic mass is 10.1. The van der Waals surface area contributed by atoms with Crippen LogP contribution in [-0.4, -0.2) is 45.6 Å². The van der Waals surface area contributed by atoms with Gasteiger partial charge in [-0.15, -0.1) is 0 Å². The van der Waals surface area contributed by atoms with Gasteiger partial charge in [0.25, 0.3) is 0 Å². The van der Waals surface area contributed by atoms with Crippen molar-refractivity contribution in [2.24, 2.45) is 0 Å². The van der Waals surface area contributed by atoms with Gasteiger partial charge >= 0.3 is 0 Å². The van der Waals surface area contributed by atoms with E-state index in [1.54, 1.807) is 18.2 Å². The molecule has 0 aliphatic carbocycles. The van der Waals surface area contributed by atoms with Crippen LogP contribution in [0.25, 0.3) is 0 Å². The lowest BCUT2D eigenvalue weighted by molar-refractivity contribution is 0.449. The molecule has 0 saturated heterocycles. The maximum absolute atomic E-state index is 8.65. The molecule has 9 heteroatoms. The number of hydrogen-bond donors (Lipinski definition) is 6. The third-order valence-electron chi connectivity index (χ3n) is 6.28. The molecule has 0 unspecified atom stereocenters. The minimum Gasteiger partial charge on any atom is -0.508 e. The summed E-state index contributed by atoms with van der Waals surface area (Å²) in [7, 11) is 0. The molecule has 0 atom stereocenters. The Bertz CT molecular complexity index is 1110. The van der Waals surface area contributed by atoms with Crippen molar-refractivity contribution in [1.29, 1.82) is 0 Å². The van der Waals surface area contributed by atoms with E-state index in [0.717, 1.165) is 36.7 Å². The number of nitrogens with zero attached hydrogens (tertiary/aromatic N) is 3. The number of phenolic OH excluding ortho intramolecular Hbond substituents is 6. The zero-order chi connectivity index (χ0) is 33.3. The molecule has 3 aromatic carbocycles. The molecule has 0 aliphatic rings. The van der Waals surface area contributed by atoms with E-state index in [-0.39, 0.29) is 34.5 Å². The molecule has 4 rings (SSSR count). The van der Waals surface area contributed by atoms with Crippen LogP contribution in [0.4, 0.5) is 0 Å². The molecule has 246 valence electrons. The first-order valence-corrected chi connectivity index (χ1v) is 15.8. The first kappa shape index (κ1) is 38.5. The fourth-order valence-corrected chi connectivity index (χ4v) is 3.94. The largest absolute Gasteiger partial charge is 0.508 e. The van der Waals surface area contributed by atoms with Crippen LogP contribution in [0.5, 0.6) is 34.5 Å². The number of unbranched alkanes of at least 4 members (excludes halogenated alkanes) is 6. The average molecular weight is 622 g/mol. The van der Waals surface area contributed by atoms with E-state index in [4.69, 9.17) is 30.6 Å². The van der Waals surface area contributed by atoms with Gasteiger partial charge in [0, 0.05) is 37.5 Å². The second-order valence-corrected chi connectivity index (χ2v) is 10.5. The first-order valence-electron chi connectivity index (χ1n) is 15.8. The van der Waals surface area contributed by atoms with Gasteiger partial charge in [-0.3, -0.25) is 0 Å². The smallest absolute Gasteiger partial charge is 0.132 e. The van der Waals surface area contributed by atoms with E-state index >= 15 is 0 Å². The van der Waals surface area contributed by atoms with Crippen molar-refractivity contribution in [3.8, 4) is 34.5 Å². The average Bonchev–Trinajstić information content (AvgIpc) is 2.98. The summed E-state index contributed by atoms with van der Waals surface area (Å²) >= 11 is 0. The number of rotatable bonds is 12. The Hall–Kier alpha value is -4.53. The van der Waals surface area contributed by atoms with Crippen molar-refractivity contribution in [3.05, 3.63) is 90.3 Å². The summed E-state index contributed by atoms with van der Waals surface area (Å²) in [4.78, 5) is 14.0. The summed E-state index contributed by atoms with van der Waals surface area (Å²) in [5.41, 5.74) is 0. The van der Waals surface area contributed by atoms with Crippen LogP contribution in [0.15, 0.2) is 72.8 Å². The van der Waals surface area contributed by atoms with Gasteiger partial charge < -0.3 is 30.6 Å². The van der Waals surface area contributed by atoms with E-state index in [0.29, 0.717) is 0 Å². The Morgan fingerprint density at radius 2 is 0.600 bits per heavy atom. The van der Waals surface area contributed by atoms with E-state index in [2.05, 4.69) is 35.7 Å². The quantitative estimate of drug-likeness (QED) is 0.0854. The van der Waals surface area contributed by atoms with Gasteiger partial charge in [0.15, 0.2) is 0 Å². The van der Waals surface area contributed by atoms with Crippen molar-refractivity contribution in [2.75, 3.05) is 0 Å². The molecule has 9 nitrogen and oxygen atoms in total. The van der Waals surface area contributed by atoms with Crippen molar-refractivity contribution < 1.29 is 30.6 Å². The van der Waals surface area contributed by atoms with Crippen LogP contribution in [-0.2, 0) is 19.3 Å². The number of aromatic nitrogens is 3. The lowest BCUT2D eigenvalue weighted by Crippen LogP contribution is -2.08. The molecule has 0 amide bonds.